The van der Waals surface area contributed by atoms with Crippen molar-refractivity contribution in [2.45, 2.75) is 25.7 Å². The van der Waals surface area contributed by atoms with Crippen molar-refractivity contribution in [2.24, 2.45) is 5.92 Å². The van der Waals surface area contributed by atoms with Crippen molar-refractivity contribution in [2.75, 3.05) is 26.7 Å². The van der Waals surface area contributed by atoms with E-state index in [1.165, 1.54) is 19.3 Å². The van der Waals surface area contributed by atoms with E-state index in [9.17, 15) is 4.79 Å². The van der Waals surface area contributed by atoms with Crippen LogP contribution < -0.4 is 4.74 Å². The summed E-state index contributed by atoms with van der Waals surface area (Å²) < 4.78 is 5.24. The molecule has 0 radical (unpaired) electrons. The van der Waals surface area contributed by atoms with Gasteiger partial charge in [-0.05, 0) is 56.1 Å². The van der Waals surface area contributed by atoms with Gasteiger partial charge in [0.2, 0.25) is 0 Å². The van der Waals surface area contributed by atoms with Gasteiger partial charge in [0.05, 0.1) is 7.11 Å². The van der Waals surface area contributed by atoms with Crippen LogP contribution in [-0.2, 0) is 6.42 Å². The van der Waals surface area contributed by atoms with E-state index in [1.807, 2.05) is 18.2 Å². The van der Waals surface area contributed by atoms with Crippen molar-refractivity contribution in [1.82, 2.24) is 4.90 Å². The third kappa shape index (κ3) is 2.99. The van der Waals surface area contributed by atoms with Gasteiger partial charge in [-0.1, -0.05) is 6.42 Å². The summed E-state index contributed by atoms with van der Waals surface area (Å²) in [6.45, 7) is 3.24. The number of ketones is 1. The van der Waals surface area contributed by atoms with Crippen LogP contribution in [0.3, 0.4) is 0 Å². The fourth-order valence-electron chi connectivity index (χ4n) is 3.29. The van der Waals surface area contributed by atoms with Gasteiger partial charge in [0.25, 0.3) is 0 Å². The number of halogens is 1. The smallest absolute Gasteiger partial charge is 0.167 e. The molecule has 4 heteroatoms. The topological polar surface area (TPSA) is 29.5 Å². The maximum Gasteiger partial charge on any atom is 0.167 e. The summed E-state index contributed by atoms with van der Waals surface area (Å²) in [5.41, 5.74) is 2.06. The molecule has 1 atom stereocenters. The zero-order valence-corrected chi connectivity index (χ0v) is 12.7. The summed E-state index contributed by atoms with van der Waals surface area (Å²) in [6, 6.07) is 5.83. The van der Waals surface area contributed by atoms with Crippen LogP contribution in [0.4, 0.5) is 0 Å². The number of nitrogens with zero attached hydrogens (tertiary/aromatic N) is 1. The summed E-state index contributed by atoms with van der Waals surface area (Å²) in [6.07, 6.45) is 4.78. The molecule has 110 valence electrons. The normalized spacial score (nSPS) is 22.2. The summed E-state index contributed by atoms with van der Waals surface area (Å²) in [4.78, 5) is 14.9. The lowest BCUT2D eigenvalue weighted by Crippen LogP contribution is -2.35. The maximum atomic E-state index is 12.4. The molecule has 20 heavy (non-hydrogen) atoms. The van der Waals surface area contributed by atoms with Crippen molar-refractivity contribution in [3.63, 3.8) is 0 Å². The van der Waals surface area contributed by atoms with Gasteiger partial charge in [-0.3, -0.25) is 4.79 Å². The molecule has 1 aliphatic carbocycles. The molecule has 1 saturated heterocycles. The molecule has 1 heterocycles. The van der Waals surface area contributed by atoms with Crippen LogP contribution in [0.1, 0.15) is 35.2 Å². The van der Waals surface area contributed by atoms with Gasteiger partial charge in [-0.2, -0.15) is 0 Å². The number of hydrogen-bond donors (Lipinski definition) is 0. The van der Waals surface area contributed by atoms with E-state index in [2.05, 4.69) is 4.90 Å². The first kappa shape index (κ1) is 15.3. The molecule has 1 unspecified atom stereocenters. The highest BCUT2D eigenvalue weighted by molar-refractivity contribution is 6.02. The average Bonchev–Trinajstić information content (AvgIpc) is 2.76. The summed E-state index contributed by atoms with van der Waals surface area (Å²) in [7, 11) is 1.67. The van der Waals surface area contributed by atoms with E-state index in [0.717, 1.165) is 42.9 Å². The molecule has 1 fully saturated rings. The Labute approximate surface area is 126 Å². The second-order valence-electron chi connectivity index (χ2n) is 5.65. The van der Waals surface area contributed by atoms with Crippen LogP contribution in [-0.4, -0.2) is 37.4 Å². The molecule has 0 amide bonds. The Balaban J connectivity index is 0.00000147. The fourth-order valence-corrected chi connectivity index (χ4v) is 3.29. The highest BCUT2D eigenvalue weighted by atomic mass is 35.5. The lowest BCUT2D eigenvalue weighted by molar-refractivity contribution is 0.0889. The van der Waals surface area contributed by atoms with Crippen LogP contribution in [0.15, 0.2) is 18.2 Å². The van der Waals surface area contributed by atoms with E-state index in [4.69, 9.17) is 4.74 Å². The number of carbonyl (C=O) groups is 1. The SMILES string of the molecule is COc1ccc2c(c1)CC(CN1CCCCC1)C2=O.Cl. The number of Topliss-reactive ketones (excluding diaryl/α,β-unsaturated/α-hetero) is 1. The van der Waals surface area contributed by atoms with Crippen LogP contribution >= 0.6 is 12.4 Å². The molecule has 0 spiro atoms. The molecule has 2 aliphatic rings. The van der Waals surface area contributed by atoms with Crippen molar-refractivity contribution >= 4 is 18.2 Å². The minimum Gasteiger partial charge on any atom is -0.497 e. The molecule has 0 N–H and O–H groups in total. The van der Waals surface area contributed by atoms with Crippen molar-refractivity contribution in [3.05, 3.63) is 29.3 Å². The highest BCUT2D eigenvalue weighted by Crippen LogP contribution is 2.30. The first-order chi connectivity index (χ1) is 9.28. The maximum absolute atomic E-state index is 12.4. The largest absolute Gasteiger partial charge is 0.497 e. The number of methoxy groups -OCH3 is 1. The second-order valence-corrected chi connectivity index (χ2v) is 5.65. The van der Waals surface area contributed by atoms with Gasteiger partial charge >= 0.3 is 0 Å². The molecular weight excluding hydrogens is 274 g/mol. The Hall–Kier alpha value is -1.06. The van der Waals surface area contributed by atoms with Gasteiger partial charge < -0.3 is 9.64 Å². The predicted molar refractivity (Wildman–Crippen MR) is 82.1 cm³/mol. The molecule has 1 aromatic carbocycles. The number of ether oxygens (including phenoxy) is 1. The minimum atomic E-state index is 0. The number of likely N-dealkylation sites (tertiary alicyclic amines) is 1. The van der Waals surface area contributed by atoms with E-state index < -0.39 is 0 Å². The van der Waals surface area contributed by atoms with Crippen LogP contribution in [0.5, 0.6) is 5.75 Å². The highest BCUT2D eigenvalue weighted by Gasteiger charge is 2.32. The summed E-state index contributed by atoms with van der Waals surface area (Å²) in [5.74, 6) is 1.33. The van der Waals surface area contributed by atoms with E-state index in [1.54, 1.807) is 7.11 Å². The van der Waals surface area contributed by atoms with E-state index in [0.29, 0.717) is 5.78 Å². The first-order valence-corrected chi connectivity index (χ1v) is 7.21. The lowest BCUT2D eigenvalue weighted by atomic mass is 10.0. The van der Waals surface area contributed by atoms with E-state index in [-0.39, 0.29) is 18.3 Å². The quantitative estimate of drug-likeness (QED) is 0.859. The number of piperidine rings is 1. The standard InChI is InChI=1S/C16H21NO2.ClH/c1-19-14-5-6-15-12(10-14)9-13(16(15)18)11-17-7-3-2-4-8-17;/h5-6,10,13H,2-4,7-9,11H2,1H3;1H. The Kier molecular flexibility index (Phi) is 5.06. The Morgan fingerprint density at radius 1 is 1.25 bits per heavy atom. The van der Waals surface area contributed by atoms with Crippen molar-refractivity contribution < 1.29 is 9.53 Å². The van der Waals surface area contributed by atoms with Crippen LogP contribution in [0, 0.1) is 5.92 Å². The molecule has 1 aliphatic heterocycles. The van der Waals surface area contributed by atoms with Gasteiger partial charge in [-0.15, -0.1) is 12.4 Å². The third-order valence-electron chi connectivity index (χ3n) is 4.34. The fraction of sp³-hybridized carbons (Fsp3) is 0.562. The predicted octanol–water partition coefficient (Wildman–Crippen LogP) is 2.96. The number of fused-ring (bicyclic) bond motifs is 1. The van der Waals surface area contributed by atoms with Crippen molar-refractivity contribution in [1.29, 1.82) is 0 Å². The molecule has 0 bridgehead atoms. The summed E-state index contributed by atoms with van der Waals surface area (Å²) in [5, 5.41) is 0. The number of benzene rings is 1. The molecule has 3 rings (SSSR count). The first-order valence-electron chi connectivity index (χ1n) is 7.21. The number of carbonyl (C=O) groups excluding carboxylic acids is 1. The molecule has 1 aromatic rings. The van der Waals surface area contributed by atoms with Crippen LogP contribution in [0.2, 0.25) is 0 Å². The average molecular weight is 296 g/mol. The Morgan fingerprint density at radius 3 is 2.70 bits per heavy atom. The minimum absolute atomic E-state index is 0. The monoisotopic (exact) mass is 295 g/mol. The number of hydrogen-bond acceptors (Lipinski definition) is 3. The third-order valence-corrected chi connectivity index (χ3v) is 4.34. The number of rotatable bonds is 3. The van der Waals surface area contributed by atoms with Crippen LogP contribution in [0.25, 0.3) is 0 Å². The second kappa shape index (κ2) is 6.59. The van der Waals surface area contributed by atoms with Gasteiger partial charge in [0, 0.05) is 18.0 Å². The van der Waals surface area contributed by atoms with E-state index >= 15 is 0 Å². The van der Waals surface area contributed by atoms with Gasteiger partial charge in [0.1, 0.15) is 5.75 Å². The van der Waals surface area contributed by atoms with Gasteiger partial charge in [0.15, 0.2) is 5.78 Å². The molecule has 0 aromatic heterocycles. The van der Waals surface area contributed by atoms with Crippen molar-refractivity contribution in [3.8, 4) is 5.75 Å². The lowest BCUT2D eigenvalue weighted by Gasteiger charge is -2.28. The zero-order chi connectivity index (χ0) is 13.2. The molecular formula is C16H22ClNO2. The zero-order valence-electron chi connectivity index (χ0n) is 11.9. The Bertz CT molecular complexity index is 483. The molecule has 3 nitrogen and oxygen atoms in total. The Morgan fingerprint density at radius 2 is 2.00 bits per heavy atom. The molecule has 0 saturated carbocycles. The van der Waals surface area contributed by atoms with Gasteiger partial charge in [-0.25, -0.2) is 0 Å². The summed E-state index contributed by atoms with van der Waals surface area (Å²) >= 11 is 0.